The molecule has 114 valence electrons. The van der Waals surface area contributed by atoms with Gasteiger partial charge < -0.3 is 5.73 Å². The second-order valence-electron chi connectivity index (χ2n) is 6.93. The van der Waals surface area contributed by atoms with Gasteiger partial charge in [0.2, 0.25) is 0 Å². The molecule has 0 bridgehead atoms. The van der Waals surface area contributed by atoms with Crippen LogP contribution in [-0.4, -0.2) is 5.54 Å². The molecule has 3 N–H and O–H groups in total. The monoisotopic (exact) mass is 276 g/mol. The third kappa shape index (κ3) is 7.09. The van der Waals surface area contributed by atoms with Crippen LogP contribution in [0.5, 0.6) is 0 Å². The van der Waals surface area contributed by atoms with Crippen LogP contribution >= 0.6 is 0 Å². The number of quaternary nitrogens is 1. The summed E-state index contributed by atoms with van der Waals surface area (Å²) in [6, 6.07) is 10.9. The van der Waals surface area contributed by atoms with Gasteiger partial charge in [0.15, 0.2) is 0 Å². The van der Waals surface area contributed by atoms with E-state index < -0.39 is 0 Å². The van der Waals surface area contributed by atoms with Crippen LogP contribution in [0.25, 0.3) is 0 Å². The Bertz CT molecular complexity index is 337. The van der Waals surface area contributed by atoms with Crippen molar-refractivity contribution in [2.24, 2.45) is 5.92 Å². The highest BCUT2D eigenvalue weighted by Crippen LogP contribution is 2.24. The van der Waals surface area contributed by atoms with Crippen LogP contribution in [0.4, 0.5) is 0 Å². The van der Waals surface area contributed by atoms with Gasteiger partial charge in [-0.2, -0.15) is 0 Å². The molecule has 0 spiro atoms. The van der Waals surface area contributed by atoms with Crippen LogP contribution in [0.2, 0.25) is 0 Å². The maximum Gasteiger partial charge on any atom is 0.0920 e. The van der Waals surface area contributed by atoms with E-state index in [1.165, 1.54) is 56.9 Å². The van der Waals surface area contributed by atoms with Crippen molar-refractivity contribution in [1.29, 1.82) is 0 Å². The fraction of sp³-hybridized carbons (Fsp3) is 0.684. The minimum absolute atomic E-state index is 0.166. The van der Waals surface area contributed by atoms with Gasteiger partial charge in [0.25, 0.3) is 0 Å². The first-order valence-corrected chi connectivity index (χ1v) is 8.43. The van der Waals surface area contributed by atoms with Crippen molar-refractivity contribution in [2.45, 2.75) is 77.7 Å². The summed E-state index contributed by atoms with van der Waals surface area (Å²) in [7, 11) is 0. The molecule has 0 amide bonds. The smallest absolute Gasteiger partial charge is 0.0920 e. The van der Waals surface area contributed by atoms with Gasteiger partial charge in [-0.15, -0.1) is 0 Å². The van der Waals surface area contributed by atoms with E-state index in [-0.39, 0.29) is 5.54 Å². The van der Waals surface area contributed by atoms with Crippen molar-refractivity contribution >= 4 is 0 Å². The van der Waals surface area contributed by atoms with Crippen LogP contribution < -0.4 is 5.73 Å². The van der Waals surface area contributed by atoms with E-state index in [1.54, 1.807) is 0 Å². The molecule has 0 radical (unpaired) electrons. The average Bonchev–Trinajstić information content (AvgIpc) is 2.41. The Balaban J connectivity index is 2.38. The summed E-state index contributed by atoms with van der Waals surface area (Å²) >= 11 is 0. The predicted octanol–water partition coefficient (Wildman–Crippen LogP) is 4.62. The topological polar surface area (TPSA) is 27.6 Å². The van der Waals surface area contributed by atoms with E-state index in [1.807, 2.05) is 0 Å². The third-order valence-corrected chi connectivity index (χ3v) is 4.34. The van der Waals surface area contributed by atoms with Crippen molar-refractivity contribution in [1.82, 2.24) is 0 Å². The van der Waals surface area contributed by atoms with E-state index in [4.69, 9.17) is 0 Å². The molecule has 1 aromatic rings. The van der Waals surface area contributed by atoms with Gasteiger partial charge in [0.1, 0.15) is 0 Å². The summed E-state index contributed by atoms with van der Waals surface area (Å²) in [5.41, 5.74) is 6.02. The molecule has 0 aromatic heterocycles. The Morgan fingerprint density at radius 2 is 1.55 bits per heavy atom. The largest absolute Gasteiger partial charge is 0.353 e. The number of rotatable bonds is 10. The number of hydrogen-bond donors (Lipinski definition) is 1. The lowest BCUT2D eigenvalue weighted by Gasteiger charge is -2.27. The zero-order valence-electron chi connectivity index (χ0n) is 13.8. The molecular weight excluding hydrogens is 242 g/mol. The minimum Gasteiger partial charge on any atom is -0.353 e. The lowest BCUT2D eigenvalue weighted by Crippen LogP contribution is -2.72. The van der Waals surface area contributed by atoms with E-state index in [0.29, 0.717) is 5.92 Å². The van der Waals surface area contributed by atoms with Crippen LogP contribution in [0.1, 0.15) is 71.3 Å². The lowest BCUT2D eigenvalue weighted by molar-refractivity contribution is -0.480. The second kappa shape index (κ2) is 9.18. The Hall–Kier alpha value is -0.820. The van der Waals surface area contributed by atoms with Gasteiger partial charge >= 0.3 is 0 Å². The van der Waals surface area contributed by atoms with E-state index in [2.05, 4.69) is 56.8 Å². The van der Waals surface area contributed by atoms with Gasteiger partial charge in [-0.25, -0.2) is 0 Å². The minimum atomic E-state index is 0.166. The zero-order valence-corrected chi connectivity index (χ0v) is 13.8. The van der Waals surface area contributed by atoms with Crippen molar-refractivity contribution in [3.63, 3.8) is 0 Å². The summed E-state index contributed by atoms with van der Waals surface area (Å²) in [5.74, 6) is 0.691. The van der Waals surface area contributed by atoms with E-state index in [9.17, 15) is 0 Å². The molecule has 20 heavy (non-hydrogen) atoms. The molecule has 1 nitrogen and oxygen atoms in total. The maximum atomic E-state index is 4.40. The SMILES string of the molecule is CCCCCCCCC(Cc1ccccc1)C(C)(C)[NH3+]. The van der Waals surface area contributed by atoms with Crippen molar-refractivity contribution in [2.75, 3.05) is 0 Å². The van der Waals surface area contributed by atoms with E-state index >= 15 is 0 Å². The Labute approximate surface area is 126 Å². The van der Waals surface area contributed by atoms with Gasteiger partial charge in [-0.3, -0.25) is 0 Å². The fourth-order valence-electron chi connectivity index (χ4n) is 2.84. The molecule has 0 heterocycles. The standard InChI is InChI=1S/C19H33N/c1-4-5-6-7-8-12-15-18(19(2,3)20)16-17-13-10-9-11-14-17/h9-11,13-14,18H,4-8,12,15-16,20H2,1-3H3/p+1. The normalized spacial score (nSPS) is 13.4. The van der Waals surface area contributed by atoms with Crippen LogP contribution in [0.15, 0.2) is 30.3 Å². The molecule has 1 aromatic carbocycles. The molecule has 1 unspecified atom stereocenters. The van der Waals surface area contributed by atoms with Crippen molar-refractivity contribution < 1.29 is 5.73 Å². The molecule has 0 aliphatic heterocycles. The fourth-order valence-corrected chi connectivity index (χ4v) is 2.84. The summed E-state index contributed by atoms with van der Waals surface area (Å²) in [4.78, 5) is 0. The number of unbranched alkanes of at least 4 members (excludes halogenated alkanes) is 5. The van der Waals surface area contributed by atoms with Gasteiger partial charge in [-0.1, -0.05) is 75.8 Å². The highest BCUT2D eigenvalue weighted by molar-refractivity contribution is 5.15. The second-order valence-corrected chi connectivity index (χ2v) is 6.93. The molecular formula is C19H34N+. The molecule has 1 rings (SSSR count). The first-order valence-electron chi connectivity index (χ1n) is 8.43. The summed E-state index contributed by atoms with van der Waals surface area (Å²) in [5, 5.41) is 0. The number of benzene rings is 1. The summed E-state index contributed by atoms with van der Waals surface area (Å²) < 4.78 is 0. The highest BCUT2D eigenvalue weighted by Gasteiger charge is 2.28. The molecule has 0 aliphatic rings. The Kier molecular flexibility index (Phi) is 7.91. The molecule has 1 heteroatoms. The Morgan fingerprint density at radius 1 is 0.950 bits per heavy atom. The Morgan fingerprint density at radius 3 is 2.15 bits per heavy atom. The quantitative estimate of drug-likeness (QED) is 0.604. The van der Waals surface area contributed by atoms with Gasteiger partial charge in [-0.05, 0) is 32.3 Å². The summed E-state index contributed by atoms with van der Waals surface area (Å²) in [6.07, 6.45) is 10.8. The predicted molar refractivity (Wildman–Crippen MR) is 88.6 cm³/mol. The number of hydrogen-bond acceptors (Lipinski definition) is 0. The van der Waals surface area contributed by atoms with Crippen molar-refractivity contribution in [3.05, 3.63) is 35.9 Å². The van der Waals surface area contributed by atoms with Crippen LogP contribution in [0, 0.1) is 5.92 Å². The zero-order chi connectivity index (χ0) is 14.8. The first-order chi connectivity index (χ1) is 9.54. The lowest BCUT2D eigenvalue weighted by atomic mass is 9.80. The highest BCUT2D eigenvalue weighted by atomic mass is 14.7. The maximum absolute atomic E-state index is 4.40. The first kappa shape index (κ1) is 17.2. The summed E-state index contributed by atoms with van der Waals surface area (Å²) in [6.45, 7) is 6.86. The van der Waals surface area contributed by atoms with E-state index in [0.717, 1.165) is 0 Å². The van der Waals surface area contributed by atoms with Crippen LogP contribution in [-0.2, 0) is 6.42 Å². The molecule has 0 aliphatic carbocycles. The molecule has 1 atom stereocenters. The molecule has 0 saturated heterocycles. The van der Waals surface area contributed by atoms with Crippen LogP contribution in [0.3, 0.4) is 0 Å². The molecule has 0 saturated carbocycles. The third-order valence-electron chi connectivity index (χ3n) is 4.34. The average molecular weight is 276 g/mol. The van der Waals surface area contributed by atoms with Crippen molar-refractivity contribution in [3.8, 4) is 0 Å². The van der Waals surface area contributed by atoms with Gasteiger partial charge in [0, 0.05) is 5.92 Å². The molecule has 0 fully saturated rings. The van der Waals surface area contributed by atoms with Gasteiger partial charge in [0.05, 0.1) is 5.54 Å².